The number of Topliss-reactive ketones (excluding diaryl/α,β-unsaturated/α-hetero) is 1. The van der Waals surface area contributed by atoms with E-state index in [1.54, 1.807) is 12.1 Å². The van der Waals surface area contributed by atoms with Crippen LogP contribution in [0.1, 0.15) is 39.4 Å². The number of rotatable bonds is 9. The van der Waals surface area contributed by atoms with Crippen molar-refractivity contribution in [2.24, 2.45) is 7.05 Å². The summed E-state index contributed by atoms with van der Waals surface area (Å²) in [6.45, 7) is -0.590. The third-order valence-electron chi connectivity index (χ3n) is 6.18. The Labute approximate surface area is 213 Å². The van der Waals surface area contributed by atoms with E-state index in [9.17, 15) is 19.2 Å². The van der Waals surface area contributed by atoms with E-state index in [1.165, 1.54) is 7.05 Å². The van der Waals surface area contributed by atoms with E-state index in [4.69, 9.17) is 10.5 Å². The lowest BCUT2D eigenvalue weighted by molar-refractivity contribution is -0.142. The Morgan fingerprint density at radius 2 is 1.35 bits per heavy atom. The van der Waals surface area contributed by atoms with E-state index < -0.39 is 29.6 Å². The first kappa shape index (κ1) is 25.4. The predicted molar refractivity (Wildman–Crippen MR) is 141 cm³/mol. The van der Waals surface area contributed by atoms with Crippen LogP contribution in [-0.2, 0) is 23.1 Å². The van der Waals surface area contributed by atoms with Crippen LogP contribution in [0.3, 0.4) is 0 Å². The SMILES string of the molecule is Cn1c(=O)c(C(=O)COC(=O)CC(c2ccccc2)c2ccccc2)c(N)n(Cc2ccccc2)c1=O. The number of hydrogen-bond acceptors (Lipinski definition) is 6. The number of anilines is 1. The Kier molecular flexibility index (Phi) is 7.78. The van der Waals surface area contributed by atoms with Crippen LogP contribution in [0, 0.1) is 0 Å². The molecule has 0 unspecified atom stereocenters. The molecule has 2 N–H and O–H groups in total. The third-order valence-corrected chi connectivity index (χ3v) is 6.18. The van der Waals surface area contributed by atoms with Crippen molar-refractivity contribution in [3.63, 3.8) is 0 Å². The van der Waals surface area contributed by atoms with Crippen molar-refractivity contribution in [1.82, 2.24) is 9.13 Å². The molecule has 4 aromatic rings. The highest BCUT2D eigenvalue weighted by Crippen LogP contribution is 2.28. The van der Waals surface area contributed by atoms with E-state index in [-0.39, 0.29) is 30.3 Å². The van der Waals surface area contributed by atoms with Crippen LogP contribution in [0.4, 0.5) is 5.82 Å². The maximum atomic E-state index is 13.0. The van der Waals surface area contributed by atoms with Crippen LogP contribution in [0.5, 0.6) is 0 Å². The van der Waals surface area contributed by atoms with Crippen molar-refractivity contribution in [2.45, 2.75) is 18.9 Å². The van der Waals surface area contributed by atoms with Crippen LogP contribution in [0.25, 0.3) is 0 Å². The number of ketones is 1. The van der Waals surface area contributed by atoms with Gasteiger partial charge in [-0.05, 0) is 16.7 Å². The summed E-state index contributed by atoms with van der Waals surface area (Å²) in [6.07, 6.45) is 0.00229. The minimum atomic E-state index is -0.834. The molecule has 0 aliphatic heterocycles. The predicted octanol–water partition coefficient (Wildman–Crippen LogP) is 3.13. The monoisotopic (exact) mass is 497 g/mol. The highest BCUT2D eigenvalue weighted by Gasteiger charge is 2.24. The first-order valence-corrected chi connectivity index (χ1v) is 11.8. The van der Waals surface area contributed by atoms with Crippen molar-refractivity contribution in [2.75, 3.05) is 12.3 Å². The molecule has 37 heavy (non-hydrogen) atoms. The first-order valence-electron chi connectivity index (χ1n) is 11.8. The van der Waals surface area contributed by atoms with Gasteiger partial charge in [0, 0.05) is 13.0 Å². The van der Waals surface area contributed by atoms with Crippen molar-refractivity contribution in [1.29, 1.82) is 0 Å². The average molecular weight is 498 g/mol. The standard InChI is InChI=1S/C29H27N3O5/c1-31-28(35)26(27(30)32(29(31)36)18-20-11-5-2-6-12-20)24(33)19-37-25(34)17-23(21-13-7-3-8-14-21)22-15-9-4-10-16-22/h2-16,23H,17-19,30H2,1H3. The molecule has 0 radical (unpaired) electrons. The van der Waals surface area contributed by atoms with Crippen molar-refractivity contribution in [3.05, 3.63) is 134 Å². The Morgan fingerprint density at radius 1 is 0.838 bits per heavy atom. The molecule has 8 nitrogen and oxygen atoms in total. The van der Waals surface area contributed by atoms with E-state index in [0.717, 1.165) is 25.8 Å². The fourth-order valence-electron chi connectivity index (χ4n) is 4.21. The number of benzene rings is 3. The van der Waals surface area contributed by atoms with Gasteiger partial charge in [-0.2, -0.15) is 0 Å². The molecule has 0 saturated carbocycles. The van der Waals surface area contributed by atoms with Gasteiger partial charge in [0.15, 0.2) is 6.61 Å². The van der Waals surface area contributed by atoms with Crippen LogP contribution in [0.15, 0.2) is 101 Å². The summed E-state index contributed by atoms with van der Waals surface area (Å²) >= 11 is 0. The minimum absolute atomic E-state index is 0.00229. The molecule has 0 aliphatic carbocycles. The molecule has 4 rings (SSSR count). The molecule has 0 aliphatic rings. The van der Waals surface area contributed by atoms with Crippen LogP contribution >= 0.6 is 0 Å². The van der Waals surface area contributed by atoms with E-state index >= 15 is 0 Å². The Bertz CT molecular complexity index is 1470. The number of hydrogen-bond donors (Lipinski definition) is 1. The molecule has 0 fully saturated rings. The highest BCUT2D eigenvalue weighted by atomic mass is 16.5. The van der Waals surface area contributed by atoms with Crippen molar-refractivity contribution >= 4 is 17.6 Å². The number of nitrogens with two attached hydrogens (primary N) is 1. The quantitative estimate of drug-likeness (QED) is 0.281. The second-order valence-corrected chi connectivity index (χ2v) is 8.64. The molecule has 0 atom stereocenters. The molecule has 0 bridgehead atoms. The zero-order chi connectivity index (χ0) is 26.4. The van der Waals surface area contributed by atoms with Gasteiger partial charge >= 0.3 is 11.7 Å². The van der Waals surface area contributed by atoms with E-state index in [0.29, 0.717) is 0 Å². The molecule has 1 aromatic heterocycles. The minimum Gasteiger partial charge on any atom is -0.457 e. The molecule has 3 aromatic carbocycles. The Morgan fingerprint density at radius 3 is 1.89 bits per heavy atom. The lowest BCUT2D eigenvalue weighted by Crippen LogP contribution is -2.43. The summed E-state index contributed by atoms with van der Waals surface area (Å²) in [5.41, 5.74) is 6.91. The number of esters is 1. The second kappa shape index (κ2) is 11.3. The van der Waals surface area contributed by atoms with Crippen LogP contribution in [-0.4, -0.2) is 27.5 Å². The summed E-state index contributed by atoms with van der Waals surface area (Å²) in [5, 5.41) is 0. The fraction of sp³-hybridized carbons (Fsp3) is 0.172. The summed E-state index contributed by atoms with van der Waals surface area (Å²) in [5.74, 6) is -1.90. The molecule has 0 saturated heterocycles. The maximum Gasteiger partial charge on any atom is 0.332 e. The van der Waals surface area contributed by atoms with Gasteiger partial charge in [0.05, 0.1) is 13.0 Å². The van der Waals surface area contributed by atoms with Gasteiger partial charge in [-0.3, -0.25) is 23.5 Å². The summed E-state index contributed by atoms with van der Waals surface area (Å²) in [7, 11) is 1.28. The Hall–Kier alpha value is -4.72. The smallest absolute Gasteiger partial charge is 0.332 e. The fourth-order valence-corrected chi connectivity index (χ4v) is 4.21. The molecule has 0 amide bonds. The van der Waals surface area contributed by atoms with Crippen molar-refractivity contribution < 1.29 is 14.3 Å². The topological polar surface area (TPSA) is 113 Å². The molecule has 0 spiro atoms. The summed E-state index contributed by atoms with van der Waals surface area (Å²) < 4.78 is 7.28. The number of nitrogen functional groups attached to an aromatic ring is 1. The summed E-state index contributed by atoms with van der Waals surface area (Å²) in [6, 6.07) is 28.1. The number of nitrogens with zero attached hydrogens (tertiary/aromatic N) is 2. The second-order valence-electron chi connectivity index (χ2n) is 8.64. The van der Waals surface area contributed by atoms with E-state index in [2.05, 4.69) is 0 Å². The number of carbonyl (C=O) groups excluding carboxylic acids is 2. The molecule has 1 heterocycles. The van der Waals surface area contributed by atoms with Crippen LogP contribution in [0.2, 0.25) is 0 Å². The summed E-state index contributed by atoms with van der Waals surface area (Å²) in [4.78, 5) is 51.2. The molecular formula is C29H27N3O5. The Balaban J connectivity index is 1.53. The van der Waals surface area contributed by atoms with Gasteiger partial charge in [0.2, 0.25) is 5.78 Å². The lowest BCUT2D eigenvalue weighted by Gasteiger charge is -2.18. The number of ether oxygens (including phenoxy) is 1. The largest absolute Gasteiger partial charge is 0.457 e. The van der Waals surface area contributed by atoms with Gasteiger partial charge in [-0.15, -0.1) is 0 Å². The van der Waals surface area contributed by atoms with Gasteiger partial charge < -0.3 is 10.5 Å². The molecule has 8 heteroatoms. The normalized spacial score (nSPS) is 10.9. The van der Waals surface area contributed by atoms with Gasteiger partial charge in [0.1, 0.15) is 11.4 Å². The molecule has 188 valence electrons. The number of aromatic nitrogens is 2. The maximum absolute atomic E-state index is 13.0. The highest BCUT2D eigenvalue weighted by molar-refractivity contribution is 6.01. The lowest BCUT2D eigenvalue weighted by atomic mass is 9.89. The first-order chi connectivity index (χ1) is 17.9. The third kappa shape index (κ3) is 5.75. The average Bonchev–Trinajstić information content (AvgIpc) is 2.93. The molecular weight excluding hydrogens is 470 g/mol. The van der Waals surface area contributed by atoms with Gasteiger partial charge in [-0.25, -0.2) is 4.79 Å². The van der Waals surface area contributed by atoms with Gasteiger partial charge in [0.25, 0.3) is 5.56 Å². The van der Waals surface area contributed by atoms with Crippen LogP contribution < -0.4 is 17.0 Å². The van der Waals surface area contributed by atoms with Crippen molar-refractivity contribution in [3.8, 4) is 0 Å². The van der Waals surface area contributed by atoms with E-state index in [1.807, 2.05) is 78.9 Å². The van der Waals surface area contributed by atoms with Gasteiger partial charge in [-0.1, -0.05) is 91.0 Å². The number of carbonyl (C=O) groups is 2. The zero-order valence-electron chi connectivity index (χ0n) is 20.4. The zero-order valence-corrected chi connectivity index (χ0v) is 20.4.